The zero-order chi connectivity index (χ0) is 37.8. The monoisotopic (exact) mass is 690 g/mol. The molecular formula is C50H62N2. The Morgan fingerprint density at radius 1 is 0.846 bits per heavy atom. The van der Waals surface area contributed by atoms with Crippen LogP contribution in [0.4, 0.5) is 5.69 Å². The maximum Gasteiger partial charge on any atom is 0.0991 e. The van der Waals surface area contributed by atoms with Crippen molar-refractivity contribution >= 4 is 5.69 Å². The molecule has 52 heavy (non-hydrogen) atoms. The van der Waals surface area contributed by atoms with Crippen LogP contribution in [0.3, 0.4) is 0 Å². The Morgan fingerprint density at radius 2 is 1.52 bits per heavy atom. The summed E-state index contributed by atoms with van der Waals surface area (Å²) in [6, 6.07) is 36.8. The number of hydrogen-bond acceptors (Lipinski definition) is 2. The number of nitrogens with zero attached hydrogens (tertiary/aromatic N) is 1. The molecule has 1 aliphatic carbocycles. The van der Waals surface area contributed by atoms with E-state index in [4.69, 9.17) is 0 Å². The Labute approximate surface area is 317 Å². The maximum atomic E-state index is 9.32. The molecule has 0 spiro atoms. The van der Waals surface area contributed by atoms with E-state index in [0.717, 1.165) is 24.3 Å². The van der Waals surface area contributed by atoms with E-state index in [-0.39, 0.29) is 10.8 Å². The standard InChI is InChI=1S/C39H45N.C9H13N.C2H4/c1-4-7-26-38(24-5-2,37-20-18-34(19-21-37)35-15-11-13-33(30-35)31-40)27-12-14-32-22-28-39(25-6-3,29-23-32)36-16-9-8-10-17-36;1-7-4-8(2)6-9(5-7)10-3;1-2/h4,8-11,13,15-21,30,32H,1,5,7,12,14,22-24,26-29H2,2-3H3;4-6,10H,1-3H3;1-2H2. The van der Waals surface area contributed by atoms with Crippen molar-refractivity contribution in [3.05, 3.63) is 151 Å². The van der Waals surface area contributed by atoms with Gasteiger partial charge in [-0.2, -0.15) is 5.26 Å². The van der Waals surface area contributed by atoms with Gasteiger partial charge in [-0.25, -0.2) is 0 Å². The first-order chi connectivity index (χ1) is 25.3. The van der Waals surface area contributed by atoms with E-state index in [1.54, 1.807) is 0 Å². The number of nitrogens with one attached hydrogen (secondary N) is 1. The SMILES string of the molecule is C=C.C=CCCC(CCC)(CCCC1CCC(C#CC)(c2ccccc2)CC1)c1ccc(-c2cccc(C#N)c2)cc1.CNc1cc(C)cc(C)c1. The Hall–Kier alpha value is -4.79. The minimum Gasteiger partial charge on any atom is -0.388 e. The fraction of sp³-hybridized carbons (Fsp3) is 0.380. The molecule has 2 nitrogen and oxygen atoms in total. The van der Waals surface area contributed by atoms with Crippen LogP contribution in [0.25, 0.3) is 11.1 Å². The van der Waals surface area contributed by atoms with Crippen LogP contribution in [0.15, 0.2) is 123 Å². The summed E-state index contributed by atoms with van der Waals surface area (Å²) in [4.78, 5) is 0. The van der Waals surface area contributed by atoms with E-state index in [1.807, 2.05) is 32.2 Å². The lowest BCUT2D eigenvalue weighted by molar-refractivity contribution is 0.247. The minimum atomic E-state index is 0.0386. The zero-order valence-corrected chi connectivity index (χ0v) is 32.7. The highest BCUT2D eigenvalue weighted by atomic mass is 14.8. The van der Waals surface area contributed by atoms with Crippen LogP contribution in [-0.2, 0) is 10.8 Å². The van der Waals surface area contributed by atoms with Crippen LogP contribution < -0.4 is 5.32 Å². The predicted molar refractivity (Wildman–Crippen MR) is 227 cm³/mol. The van der Waals surface area contributed by atoms with Crippen molar-refractivity contribution in [2.45, 2.75) is 109 Å². The Kier molecular flexibility index (Phi) is 17.2. The van der Waals surface area contributed by atoms with Gasteiger partial charge in [0.2, 0.25) is 0 Å². The van der Waals surface area contributed by atoms with E-state index >= 15 is 0 Å². The van der Waals surface area contributed by atoms with Gasteiger partial charge >= 0.3 is 0 Å². The summed E-state index contributed by atoms with van der Waals surface area (Å²) < 4.78 is 0. The van der Waals surface area contributed by atoms with Crippen LogP contribution in [0.1, 0.15) is 112 Å². The second kappa shape index (κ2) is 21.5. The first kappa shape index (κ1) is 41.6. The van der Waals surface area contributed by atoms with Crippen LogP contribution in [-0.4, -0.2) is 7.05 Å². The van der Waals surface area contributed by atoms with Crippen LogP contribution >= 0.6 is 0 Å². The minimum absolute atomic E-state index is 0.0386. The number of rotatable bonds is 13. The first-order valence-electron chi connectivity index (χ1n) is 19.3. The van der Waals surface area contributed by atoms with Crippen LogP contribution in [0.5, 0.6) is 0 Å². The smallest absolute Gasteiger partial charge is 0.0991 e. The zero-order valence-electron chi connectivity index (χ0n) is 32.7. The molecule has 1 fully saturated rings. The molecule has 0 bridgehead atoms. The van der Waals surface area contributed by atoms with Gasteiger partial charge in [-0.05, 0) is 141 Å². The molecule has 0 aromatic heterocycles. The van der Waals surface area contributed by atoms with Crippen molar-refractivity contribution < 1.29 is 0 Å². The summed E-state index contributed by atoms with van der Waals surface area (Å²) in [7, 11) is 1.94. The van der Waals surface area contributed by atoms with Crippen molar-refractivity contribution in [2.75, 3.05) is 12.4 Å². The highest BCUT2D eigenvalue weighted by Crippen LogP contribution is 2.45. The highest BCUT2D eigenvalue weighted by molar-refractivity contribution is 5.65. The van der Waals surface area contributed by atoms with Crippen molar-refractivity contribution in [3.63, 3.8) is 0 Å². The van der Waals surface area contributed by atoms with Crippen molar-refractivity contribution in [3.8, 4) is 29.0 Å². The Bertz CT molecular complexity index is 1740. The molecule has 1 saturated carbocycles. The van der Waals surface area contributed by atoms with Gasteiger partial charge in [0.25, 0.3) is 0 Å². The summed E-state index contributed by atoms with van der Waals surface area (Å²) in [5, 5.41) is 12.4. The summed E-state index contributed by atoms with van der Waals surface area (Å²) in [5.41, 5.74) is 9.88. The van der Waals surface area contributed by atoms with Gasteiger partial charge in [0.1, 0.15) is 0 Å². The third kappa shape index (κ3) is 11.6. The molecule has 0 amide bonds. The number of anilines is 1. The van der Waals surface area contributed by atoms with E-state index in [0.29, 0.717) is 5.56 Å². The van der Waals surface area contributed by atoms with E-state index in [1.165, 1.54) is 91.3 Å². The predicted octanol–water partition coefficient (Wildman–Crippen LogP) is 13.7. The van der Waals surface area contributed by atoms with Gasteiger partial charge in [0, 0.05) is 12.7 Å². The Morgan fingerprint density at radius 3 is 2.10 bits per heavy atom. The molecule has 0 heterocycles. The van der Waals surface area contributed by atoms with Crippen molar-refractivity contribution in [2.24, 2.45) is 5.92 Å². The molecular weight excluding hydrogens is 629 g/mol. The molecule has 1 atom stereocenters. The molecule has 1 N–H and O–H groups in total. The number of aryl methyl sites for hydroxylation is 2. The molecule has 4 aromatic rings. The summed E-state index contributed by atoms with van der Waals surface area (Å²) in [6.45, 7) is 18.6. The van der Waals surface area contributed by atoms with Crippen LogP contribution in [0.2, 0.25) is 0 Å². The van der Waals surface area contributed by atoms with Gasteiger partial charge in [0.15, 0.2) is 0 Å². The number of hydrogen-bond donors (Lipinski definition) is 1. The molecule has 0 radical (unpaired) electrons. The van der Waals surface area contributed by atoms with E-state index < -0.39 is 0 Å². The topological polar surface area (TPSA) is 35.8 Å². The lowest BCUT2D eigenvalue weighted by Crippen LogP contribution is -2.31. The van der Waals surface area contributed by atoms with Gasteiger partial charge in [-0.1, -0.05) is 111 Å². The normalized spacial score (nSPS) is 17.3. The highest BCUT2D eigenvalue weighted by Gasteiger charge is 2.36. The van der Waals surface area contributed by atoms with E-state index in [2.05, 4.69) is 149 Å². The van der Waals surface area contributed by atoms with E-state index in [9.17, 15) is 5.26 Å². The van der Waals surface area contributed by atoms with Gasteiger partial charge in [0.05, 0.1) is 17.0 Å². The summed E-state index contributed by atoms with van der Waals surface area (Å²) >= 11 is 0. The van der Waals surface area contributed by atoms with Gasteiger partial charge in [-0.3, -0.25) is 0 Å². The molecule has 1 aliphatic rings. The maximum absolute atomic E-state index is 9.32. The number of allylic oxidation sites excluding steroid dienone is 1. The molecule has 4 aromatic carbocycles. The molecule has 272 valence electrons. The first-order valence-corrected chi connectivity index (χ1v) is 19.3. The largest absolute Gasteiger partial charge is 0.388 e. The molecule has 5 rings (SSSR count). The molecule has 0 saturated heterocycles. The summed E-state index contributed by atoms with van der Waals surface area (Å²) in [6.07, 6.45) is 15.4. The molecule has 1 unspecified atom stereocenters. The fourth-order valence-electron chi connectivity index (χ4n) is 8.24. The van der Waals surface area contributed by atoms with Crippen LogP contribution in [0, 0.1) is 42.9 Å². The second-order valence-corrected chi connectivity index (χ2v) is 14.4. The molecule has 2 heteroatoms. The van der Waals surface area contributed by atoms with Crippen molar-refractivity contribution in [1.82, 2.24) is 0 Å². The Balaban J connectivity index is 0.000000519. The average molecular weight is 691 g/mol. The third-order valence-electron chi connectivity index (χ3n) is 10.8. The fourth-order valence-corrected chi connectivity index (χ4v) is 8.24. The lowest BCUT2D eigenvalue weighted by atomic mass is 9.65. The average Bonchev–Trinajstić information content (AvgIpc) is 3.19. The number of nitriles is 1. The van der Waals surface area contributed by atoms with Crippen molar-refractivity contribution in [1.29, 1.82) is 5.26 Å². The van der Waals surface area contributed by atoms with Gasteiger partial charge in [-0.15, -0.1) is 25.7 Å². The van der Waals surface area contributed by atoms with Gasteiger partial charge < -0.3 is 5.32 Å². The summed E-state index contributed by atoms with van der Waals surface area (Å²) in [5.74, 6) is 7.67. The lowest BCUT2D eigenvalue weighted by Gasteiger charge is -2.38. The number of benzene rings is 4. The second-order valence-electron chi connectivity index (χ2n) is 14.4. The molecule has 0 aliphatic heterocycles. The third-order valence-corrected chi connectivity index (χ3v) is 10.8. The quantitative estimate of drug-likeness (QED) is 0.112.